The molecule has 0 saturated carbocycles. The van der Waals surface area contributed by atoms with E-state index in [1.807, 2.05) is 19.6 Å². The van der Waals surface area contributed by atoms with Crippen LogP contribution in [0, 0.1) is 0 Å². The summed E-state index contributed by atoms with van der Waals surface area (Å²) in [5.74, 6) is 0.150. The highest BCUT2D eigenvalue weighted by Crippen LogP contribution is 1.91. The second-order valence-electron chi connectivity index (χ2n) is 2.46. The summed E-state index contributed by atoms with van der Waals surface area (Å²) in [5, 5.41) is 0. The Labute approximate surface area is 46.2 Å². The first-order valence-electron chi connectivity index (χ1n) is 2.67. The first-order chi connectivity index (χ1) is 3.48. The van der Waals surface area contributed by atoms with Gasteiger partial charge in [-0.15, -0.1) is 0 Å². The van der Waals surface area contributed by atoms with Crippen LogP contribution in [0.25, 0.3) is 5.53 Å². The standard InChI is InChI=1S/C4H10N2Si/c1-7(2,3)4-6-5/h4H,1-3H3/i4D. The van der Waals surface area contributed by atoms with E-state index in [-0.39, 0.29) is 5.81 Å². The molecule has 0 aromatic heterocycles. The van der Waals surface area contributed by atoms with Crippen molar-refractivity contribution in [1.29, 1.82) is 0 Å². The molecule has 0 fully saturated rings. The van der Waals surface area contributed by atoms with Crippen molar-refractivity contribution < 1.29 is 6.16 Å². The molecule has 0 radical (unpaired) electrons. The first kappa shape index (κ1) is 4.75. The summed E-state index contributed by atoms with van der Waals surface area (Å²) in [4.78, 5) is 2.80. The zero-order valence-corrected chi connectivity index (χ0v) is 5.89. The molecular weight excluding hydrogens is 104 g/mol. The maximum absolute atomic E-state index is 8.11. The molecule has 0 aromatic carbocycles. The van der Waals surface area contributed by atoms with E-state index in [2.05, 4.69) is 4.79 Å². The average Bonchev–Trinajstić information content (AvgIpc) is 1.62. The molecule has 0 unspecified atom stereocenters. The second kappa shape index (κ2) is 2.05. The van der Waals surface area contributed by atoms with E-state index in [1.54, 1.807) is 0 Å². The van der Waals surface area contributed by atoms with Crippen LogP contribution in [-0.4, -0.2) is 18.7 Å². The van der Waals surface area contributed by atoms with Gasteiger partial charge in [-0.3, -0.25) is 0 Å². The van der Waals surface area contributed by atoms with E-state index in [4.69, 9.17) is 6.90 Å². The summed E-state index contributed by atoms with van der Waals surface area (Å²) in [7, 11) is -1.59. The van der Waals surface area contributed by atoms with Gasteiger partial charge in [0.25, 0.3) is 0 Å². The van der Waals surface area contributed by atoms with Crippen molar-refractivity contribution in [2.75, 3.05) is 0 Å². The quantitative estimate of drug-likeness (QED) is 0.213. The molecule has 0 aliphatic carbocycles. The van der Waals surface area contributed by atoms with Gasteiger partial charge in [-0.25, -0.2) is 0 Å². The lowest BCUT2D eigenvalue weighted by Crippen LogP contribution is -2.22. The van der Waals surface area contributed by atoms with Gasteiger partial charge in [0.15, 0.2) is 8.07 Å². The molecule has 0 bridgehead atoms. The van der Waals surface area contributed by atoms with Gasteiger partial charge in [0.05, 0.1) is 0 Å². The van der Waals surface area contributed by atoms with Crippen molar-refractivity contribution >= 4 is 13.9 Å². The van der Waals surface area contributed by atoms with Crippen LogP contribution in [0.15, 0.2) is 0 Å². The number of rotatable bonds is 1. The molecule has 0 N–H and O–H groups in total. The van der Waals surface area contributed by atoms with E-state index in [0.717, 1.165) is 0 Å². The van der Waals surface area contributed by atoms with Gasteiger partial charge >= 0.3 is 0 Å². The molecule has 2 nitrogen and oxygen atoms in total. The third-order valence-electron chi connectivity index (χ3n) is 0.385. The van der Waals surface area contributed by atoms with Crippen molar-refractivity contribution in [3.05, 3.63) is 5.53 Å². The maximum Gasteiger partial charge on any atom is 0.226 e. The normalized spacial score (nSPS) is 12.1. The van der Waals surface area contributed by atoms with E-state index in [0.29, 0.717) is 0 Å². The van der Waals surface area contributed by atoms with E-state index in [1.165, 1.54) is 0 Å². The molecule has 0 saturated heterocycles. The van der Waals surface area contributed by atoms with E-state index in [9.17, 15) is 0 Å². The molecule has 0 atom stereocenters. The predicted molar refractivity (Wildman–Crippen MR) is 33.0 cm³/mol. The fourth-order valence-electron chi connectivity index (χ4n) is 0.150. The Hall–Kier alpha value is -0.403. The van der Waals surface area contributed by atoms with Gasteiger partial charge in [0, 0.05) is 0 Å². The summed E-state index contributed by atoms with van der Waals surface area (Å²) >= 11 is 0. The molecule has 0 heterocycles. The lowest BCUT2D eigenvalue weighted by molar-refractivity contribution is 0.00680. The van der Waals surface area contributed by atoms with Crippen LogP contribution in [-0.2, 0) is 0 Å². The third kappa shape index (κ3) is 5.60. The zero-order chi connectivity index (χ0) is 6.78. The van der Waals surface area contributed by atoms with Gasteiger partial charge in [0.1, 0.15) is 1.37 Å². The van der Waals surface area contributed by atoms with E-state index >= 15 is 0 Å². The number of nitrogens with zero attached hydrogens (tertiary/aromatic N) is 2. The molecule has 3 heteroatoms. The van der Waals surface area contributed by atoms with Crippen molar-refractivity contribution in [3.8, 4) is 0 Å². The summed E-state index contributed by atoms with van der Waals surface area (Å²) in [6.07, 6.45) is 0. The molecule has 0 aromatic rings. The van der Waals surface area contributed by atoms with Crippen molar-refractivity contribution in [1.82, 2.24) is 0 Å². The summed E-state index contributed by atoms with van der Waals surface area (Å²) in [5.41, 5.74) is 8.11. The molecule has 0 aliphatic heterocycles. The highest BCUT2D eigenvalue weighted by Gasteiger charge is 2.14. The van der Waals surface area contributed by atoms with Crippen LogP contribution in [0.2, 0.25) is 19.6 Å². The Morgan fingerprint density at radius 2 is 2.14 bits per heavy atom. The van der Waals surface area contributed by atoms with Gasteiger partial charge < -0.3 is 5.53 Å². The molecular formula is C4H10N2Si. The van der Waals surface area contributed by atoms with E-state index < -0.39 is 8.07 Å². The highest BCUT2D eigenvalue weighted by molar-refractivity contribution is 6.98. The predicted octanol–water partition coefficient (Wildman–Crippen LogP) is 1.16. The first-order valence-corrected chi connectivity index (χ1v) is 5.67. The highest BCUT2D eigenvalue weighted by atomic mass is 28.3. The minimum atomic E-state index is -1.59. The number of hydrogen-bond donors (Lipinski definition) is 0. The fourth-order valence-corrected chi connectivity index (χ4v) is 0.450. The monoisotopic (exact) mass is 115 g/mol. The lowest BCUT2D eigenvalue weighted by atomic mass is 11.7. The zero-order valence-electron chi connectivity index (χ0n) is 5.89. The summed E-state index contributed by atoms with van der Waals surface area (Å²) in [6, 6.07) is 0. The van der Waals surface area contributed by atoms with Crippen LogP contribution in [0.1, 0.15) is 1.37 Å². The Morgan fingerprint density at radius 3 is 2.14 bits per heavy atom. The lowest BCUT2D eigenvalue weighted by Gasteiger charge is -1.95. The third-order valence-corrected chi connectivity index (χ3v) is 1.16. The van der Waals surface area contributed by atoms with Crippen LogP contribution < -0.4 is 0 Å². The Morgan fingerprint density at radius 1 is 1.71 bits per heavy atom. The van der Waals surface area contributed by atoms with Gasteiger partial charge in [-0.05, 0) is 0 Å². The van der Waals surface area contributed by atoms with Crippen LogP contribution in [0.5, 0.6) is 0 Å². The second-order valence-corrected chi connectivity index (χ2v) is 7.19. The molecule has 0 rings (SSSR count). The topological polar surface area (TPSA) is 36.4 Å². The Balaban J connectivity index is 4.26. The molecule has 40 valence electrons. The minimum absolute atomic E-state index is 0.150. The van der Waals surface area contributed by atoms with Crippen LogP contribution in [0.3, 0.4) is 0 Å². The molecule has 0 amide bonds. The summed E-state index contributed by atoms with van der Waals surface area (Å²) in [6.45, 7) is 5.86. The minimum Gasteiger partial charge on any atom is -0.363 e. The average molecular weight is 115 g/mol. The van der Waals surface area contributed by atoms with Gasteiger partial charge in [-0.1, -0.05) is 19.6 Å². The SMILES string of the molecule is [2H]C(=[N+]=[N-])[Si](C)(C)C. The Kier molecular flexibility index (Phi) is 1.39. The maximum atomic E-state index is 8.11. The van der Waals surface area contributed by atoms with Crippen molar-refractivity contribution in [2.45, 2.75) is 19.6 Å². The van der Waals surface area contributed by atoms with Crippen LogP contribution in [0.4, 0.5) is 0 Å². The number of hydrogen-bond acceptors (Lipinski definition) is 0. The van der Waals surface area contributed by atoms with Crippen molar-refractivity contribution in [2.24, 2.45) is 0 Å². The van der Waals surface area contributed by atoms with Gasteiger partial charge in [0.2, 0.25) is 5.81 Å². The largest absolute Gasteiger partial charge is 0.363 e. The summed E-state index contributed by atoms with van der Waals surface area (Å²) < 4.78 is 7.03. The Bertz CT molecular complexity index is 131. The fraction of sp³-hybridized carbons (Fsp3) is 0.750. The molecule has 0 spiro atoms. The van der Waals surface area contributed by atoms with Crippen LogP contribution >= 0.6 is 0 Å². The van der Waals surface area contributed by atoms with Gasteiger partial charge in [-0.2, -0.15) is 4.79 Å². The molecule has 0 aliphatic rings. The van der Waals surface area contributed by atoms with Crippen molar-refractivity contribution in [3.63, 3.8) is 0 Å². The molecule has 7 heavy (non-hydrogen) atoms. The smallest absolute Gasteiger partial charge is 0.226 e.